The fourth-order valence-electron chi connectivity index (χ4n) is 1.05. The molecule has 0 aromatic carbocycles. The average Bonchev–Trinajstić information content (AvgIpc) is 2.71. The molecule has 1 amide bonds. The summed E-state index contributed by atoms with van der Waals surface area (Å²) < 4.78 is 0. The van der Waals surface area contributed by atoms with E-state index in [-0.39, 0.29) is 22.0 Å². The Bertz CT molecular complexity index is 421. The van der Waals surface area contributed by atoms with Crippen molar-refractivity contribution in [2.75, 3.05) is 18.7 Å². The number of amides is 1. The van der Waals surface area contributed by atoms with Crippen LogP contribution < -0.4 is 5.32 Å². The Labute approximate surface area is 108 Å². The van der Waals surface area contributed by atoms with Crippen LogP contribution in [0.15, 0.2) is 11.4 Å². The Balaban J connectivity index is 2.80. The minimum absolute atomic E-state index is 0.0828. The van der Waals surface area contributed by atoms with E-state index in [1.807, 2.05) is 13.2 Å². The number of oxime groups is 1. The highest BCUT2D eigenvalue weighted by Crippen LogP contribution is 2.18. The zero-order valence-corrected chi connectivity index (χ0v) is 11.2. The van der Waals surface area contributed by atoms with E-state index in [9.17, 15) is 4.79 Å². The van der Waals surface area contributed by atoms with Crippen molar-refractivity contribution in [3.8, 4) is 0 Å². The van der Waals surface area contributed by atoms with Crippen LogP contribution in [0, 0.1) is 0 Å². The summed E-state index contributed by atoms with van der Waals surface area (Å²) in [6, 6.07) is 0. The summed E-state index contributed by atoms with van der Waals surface area (Å²) in [6.45, 7) is 1.86. The van der Waals surface area contributed by atoms with Gasteiger partial charge in [-0.2, -0.15) is 16.9 Å². The van der Waals surface area contributed by atoms with Crippen LogP contribution >= 0.6 is 23.4 Å². The lowest BCUT2D eigenvalue weighted by molar-refractivity contribution is -0.110. The number of anilines is 1. The molecule has 1 heterocycles. The van der Waals surface area contributed by atoms with Gasteiger partial charge in [-0.05, 0) is 13.2 Å². The first-order chi connectivity index (χ1) is 8.10. The van der Waals surface area contributed by atoms with E-state index in [1.165, 1.54) is 25.1 Å². The highest BCUT2D eigenvalue weighted by Gasteiger charge is 2.20. The molecule has 0 aliphatic heterocycles. The number of aromatic amines is 1. The van der Waals surface area contributed by atoms with Crippen molar-refractivity contribution in [1.29, 1.82) is 0 Å². The van der Waals surface area contributed by atoms with Gasteiger partial charge in [-0.3, -0.25) is 9.89 Å². The predicted octanol–water partition coefficient (Wildman–Crippen LogP) is 1.76. The molecule has 8 heteroatoms. The van der Waals surface area contributed by atoms with E-state index >= 15 is 0 Å². The predicted molar refractivity (Wildman–Crippen MR) is 69.6 cm³/mol. The molecule has 1 atom stereocenters. The molecule has 0 saturated heterocycles. The molecule has 0 radical (unpaired) electrons. The van der Waals surface area contributed by atoms with Crippen molar-refractivity contribution in [2.24, 2.45) is 5.16 Å². The summed E-state index contributed by atoms with van der Waals surface area (Å²) in [4.78, 5) is 16.6. The van der Waals surface area contributed by atoms with Crippen LogP contribution in [0.5, 0.6) is 0 Å². The SMILES string of the molecule is CON=C(C(=O)Nc1cn[nH]c1Cl)C(C)SC. The molecule has 0 bridgehead atoms. The Hall–Kier alpha value is -1.21. The first-order valence-corrected chi connectivity index (χ1v) is 6.40. The summed E-state index contributed by atoms with van der Waals surface area (Å²) in [5.41, 5.74) is 0.700. The van der Waals surface area contributed by atoms with Gasteiger partial charge in [-0.15, -0.1) is 0 Å². The number of halogens is 1. The first kappa shape index (κ1) is 13.9. The zero-order valence-electron chi connectivity index (χ0n) is 9.65. The number of aromatic nitrogens is 2. The van der Waals surface area contributed by atoms with Gasteiger partial charge >= 0.3 is 0 Å². The summed E-state index contributed by atoms with van der Waals surface area (Å²) in [6.07, 6.45) is 3.31. The van der Waals surface area contributed by atoms with Crippen LogP contribution in [0.4, 0.5) is 5.69 Å². The number of H-pyrrole nitrogens is 1. The minimum Gasteiger partial charge on any atom is -0.399 e. The summed E-state index contributed by atoms with van der Waals surface area (Å²) in [5, 5.41) is 12.7. The Morgan fingerprint density at radius 2 is 2.47 bits per heavy atom. The number of hydrogen-bond donors (Lipinski definition) is 2. The molecule has 0 saturated carbocycles. The van der Waals surface area contributed by atoms with Gasteiger partial charge in [0.1, 0.15) is 12.3 Å². The lowest BCUT2D eigenvalue weighted by Crippen LogP contribution is -2.30. The number of hydrogen-bond acceptors (Lipinski definition) is 5. The second-order valence-corrected chi connectivity index (χ2v) is 4.65. The van der Waals surface area contributed by atoms with Crippen molar-refractivity contribution in [2.45, 2.75) is 12.2 Å². The van der Waals surface area contributed by atoms with Gasteiger partial charge in [0.2, 0.25) is 0 Å². The molecule has 0 aliphatic carbocycles. The van der Waals surface area contributed by atoms with Gasteiger partial charge in [0.05, 0.1) is 17.1 Å². The molecule has 1 rings (SSSR count). The number of carbonyl (C=O) groups is 1. The second-order valence-electron chi connectivity index (χ2n) is 3.09. The third-order valence-electron chi connectivity index (χ3n) is 2.00. The molecule has 0 spiro atoms. The first-order valence-electron chi connectivity index (χ1n) is 4.74. The van der Waals surface area contributed by atoms with Gasteiger partial charge < -0.3 is 10.2 Å². The average molecular weight is 277 g/mol. The van der Waals surface area contributed by atoms with E-state index in [1.54, 1.807) is 0 Å². The maximum atomic E-state index is 11.9. The van der Waals surface area contributed by atoms with Gasteiger partial charge in [0.15, 0.2) is 5.71 Å². The van der Waals surface area contributed by atoms with Crippen molar-refractivity contribution in [3.63, 3.8) is 0 Å². The molecule has 17 heavy (non-hydrogen) atoms. The van der Waals surface area contributed by atoms with Crippen LogP contribution in [-0.2, 0) is 9.63 Å². The molecule has 6 nitrogen and oxygen atoms in total. The van der Waals surface area contributed by atoms with E-state index < -0.39 is 0 Å². The molecule has 1 unspecified atom stereocenters. The molecule has 0 fully saturated rings. The maximum absolute atomic E-state index is 11.9. The Kier molecular flexibility index (Phi) is 5.30. The fraction of sp³-hybridized carbons (Fsp3) is 0.444. The van der Waals surface area contributed by atoms with E-state index in [0.717, 1.165) is 0 Å². The van der Waals surface area contributed by atoms with Gasteiger partial charge in [0.25, 0.3) is 5.91 Å². The molecular weight excluding hydrogens is 264 g/mol. The molecule has 94 valence electrons. The van der Waals surface area contributed by atoms with Crippen molar-refractivity contribution in [1.82, 2.24) is 10.2 Å². The summed E-state index contributed by atoms with van der Waals surface area (Å²) in [7, 11) is 1.39. The van der Waals surface area contributed by atoms with Crippen molar-refractivity contribution in [3.05, 3.63) is 11.3 Å². The quantitative estimate of drug-likeness (QED) is 0.634. The van der Waals surface area contributed by atoms with Crippen LogP contribution in [0.1, 0.15) is 6.92 Å². The Morgan fingerprint density at radius 3 is 2.94 bits per heavy atom. The van der Waals surface area contributed by atoms with Crippen LogP contribution in [-0.4, -0.2) is 40.4 Å². The van der Waals surface area contributed by atoms with E-state index in [4.69, 9.17) is 11.6 Å². The second kappa shape index (κ2) is 6.51. The normalized spacial score (nSPS) is 13.3. The zero-order chi connectivity index (χ0) is 12.8. The van der Waals surface area contributed by atoms with E-state index in [2.05, 4.69) is 25.5 Å². The topological polar surface area (TPSA) is 79.4 Å². The summed E-state index contributed by atoms with van der Waals surface area (Å²) >= 11 is 7.26. The molecule has 0 aliphatic rings. The highest BCUT2D eigenvalue weighted by molar-refractivity contribution is 8.00. The van der Waals surface area contributed by atoms with Crippen LogP contribution in [0.25, 0.3) is 0 Å². The van der Waals surface area contributed by atoms with Crippen LogP contribution in [0.2, 0.25) is 5.15 Å². The molecule has 2 N–H and O–H groups in total. The smallest absolute Gasteiger partial charge is 0.274 e. The van der Waals surface area contributed by atoms with Gasteiger partial charge in [-0.25, -0.2) is 0 Å². The third-order valence-corrected chi connectivity index (χ3v) is 3.22. The molecular formula is C9H13ClN4O2S. The minimum atomic E-state index is -0.364. The van der Waals surface area contributed by atoms with E-state index in [0.29, 0.717) is 5.69 Å². The maximum Gasteiger partial charge on any atom is 0.274 e. The number of nitrogens with zero attached hydrogens (tertiary/aromatic N) is 2. The highest BCUT2D eigenvalue weighted by atomic mass is 35.5. The van der Waals surface area contributed by atoms with Crippen molar-refractivity contribution >= 4 is 40.7 Å². The number of rotatable bonds is 5. The van der Waals surface area contributed by atoms with Crippen molar-refractivity contribution < 1.29 is 9.63 Å². The number of carbonyl (C=O) groups excluding carboxylic acids is 1. The monoisotopic (exact) mass is 276 g/mol. The summed E-state index contributed by atoms with van der Waals surface area (Å²) in [5.74, 6) is -0.364. The van der Waals surface area contributed by atoms with Crippen LogP contribution in [0.3, 0.4) is 0 Å². The fourth-order valence-corrected chi connectivity index (χ4v) is 1.57. The van der Waals surface area contributed by atoms with Gasteiger partial charge in [-0.1, -0.05) is 16.8 Å². The van der Waals surface area contributed by atoms with Gasteiger partial charge in [0, 0.05) is 0 Å². The standard InChI is InChI=1S/C9H13ClN4O2S/c1-5(17-3)7(14-16-2)9(15)12-6-4-11-13-8(6)10/h4-5H,1-3H3,(H,11,13)(H,12,15). The largest absolute Gasteiger partial charge is 0.399 e. The number of thioether (sulfide) groups is 1. The lowest BCUT2D eigenvalue weighted by atomic mass is 10.2. The Morgan fingerprint density at radius 1 is 1.76 bits per heavy atom. The molecule has 1 aromatic heterocycles. The molecule has 1 aromatic rings. The lowest BCUT2D eigenvalue weighted by Gasteiger charge is -2.10. The number of nitrogens with one attached hydrogen (secondary N) is 2. The third kappa shape index (κ3) is 3.64.